The zero-order valence-electron chi connectivity index (χ0n) is 13.7. The third kappa shape index (κ3) is 4.17. The van der Waals surface area contributed by atoms with Crippen LogP contribution in [-0.4, -0.2) is 45.5 Å². The fourth-order valence-electron chi connectivity index (χ4n) is 2.95. The lowest BCUT2D eigenvalue weighted by atomic mass is 9.86. The molecule has 3 rings (SSSR count). The number of carbonyl (C=O) groups excluding carboxylic acids is 1. The van der Waals surface area contributed by atoms with Gasteiger partial charge >= 0.3 is 5.97 Å². The van der Waals surface area contributed by atoms with Gasteiger partial charge in [-0.1, -0.05) is 23.2 Å². The molecule has 7 nitrogen and oxygen atoms in total. The van der Waals surface area contributed by atoms with Gasteiger partial charge in [0.25, 0.3) is 5.91 Å². The standard InChI is InChI=1S/C17H17Cl2N3O4/c18-12-1-2-14(13(19)7-12)22-10-11(9-20-22)16(25)21-17(8-15(23)24)3-5-26-6-4-17/h1-2,7,9-10H,3-6,8H2,(H,21,25)(H,23,24). The number of hydrogen-bond donors (Lipinski definition) is 2. The van der Waals surface area contributed by atoms with Crippen LogP contribution in [0.25, 0.3) is 5.69 Å². The molecule has 0 aliphatic carbocycles. The predicted molar refractivity (Wildman–Crippen MR) is 96.1 cm³/mol. The lowest BCUT2D eigenvalue weighted by Gasteiger charge is -2.36. The van der Waals surface area contributed by atoms with E-state index in [1.807, 2.05) is 0 Å². The van der Waals surface area contributed by atoms with Crippen LogP contribution in [0.2, 0.25) is 10.0 Å². The smallest absolute Gasteiger partial charge is 0.305 e. The van der Waals surface area contributed by atoms with Gasteiger partial charge < -0.3 is 15.2 Å². The minimum Gasteiger partial charge on any atom is -0.481 e. The number of rotatable bonds is 5. The third-order valence-corrected chi connectivity index (χ3v) is 4.86. The number of aliphatic carboxylic acids is 1. The van der Waals surface area contributed by atoms with Gasteiger partial charge in [0, 0.05) is 24.4 Å². The number of aromatic nitrogens is 2. The Morgan fingerprint density at radius 3 is 2.69 bits per heavy atom. The first-order valence-electron chi connectivity index (χ1n) is 8.01. The first-order valence-corrected chi connectivity index (χ1v) is 8.76. The van der Waals surface area contributed by atoms with Gasteiger partial charge in [0.05, 0.1) is 34.4 Å². The maximum atomic E-state index is 12.6. The van der Waals surface area contributed by atoms with Crippen LogP contribution in [0.5, 0.6) is 0 Å². The SMILES string of the molecule is O=C(O)CC1(NC(=O)c2cnn(-c3ccc(Cl)cc3Cl)c2)CCOCC1. The fourth-order valence-corrected chi connectivity index (χ4v) is 3.44. The van der Waals surface area contributed by atoms with Crippen LogP contribution < -0.4 is 5.32 Å². The molecule has 1 aromatic carbocycles. The number of nitrogens with zero attached hydrogens (tertiary/aromatic N) is 2. The van der Waals surface area contributed by atoms with Crippen LogP contribution in [0.15, 0.2) is 30.6 Å². The van der Waals surface area contributed by atoms with Crippen LogP contribution in [0.1, 0.15) is 29.6 Å². The zero-order chi connectivity index (χ0) is 18.7. The molecule has 2 N–H and O–H groups in total. The zero-order valence-corrected chi connectivity index (χ0v) is 15.3. The lowest BCUT2D eigenvalue weighted by molar-refractivity contribution is -0.139. The quantitative estimate of drug-likeness (QED) is 0.808. The van der Waals surface area contributed by atoms with E-state index < -0.39 is 11.5 Å². The van der Waals surface area contributed by atoms with Crippen molar-refractivity contribution in [2.75, 3.05) is 13.2 Å². The Kier molecular flexibility index (Phi) is 5.50. The first kappa shape index (κ1) is 18.7. The summed E-state index contributed by atoms with van der Waals surface area (Å²) in [6.07, 6.45) is 3.69. The topological polar surface area (TPSA) is 93.5 Å². The second kappa shape index (κ2) is 7.65. The number of nitrogens with one attached hydrogen (secondary N) is 1. The van der Waals surface area contributed by atoms with E-state index in [4.69, 9.17) is 27.9 Å². The van der Waals surface area contributed by atoms with Crippen LogP contribution in [0.4, 0.5) is 0 Å². The van der Waals surface area contributed by atoms with E-state index in [2.05, 4.69) is 10.4 Å². The number of carboxylic acids is 1. The molecule has 0 spiro atoms. The van der Waals surface area contributed by atoms with Crippen molar-refractivity contribution < 1.29 is 19.4 Å². The number of hydrogen-bond acceptors (Lipinski definition) is 4. The first-order chi connectivity index (χ1) is 12.4. The van der Waals surface area contributed by atoms with Crippen LogP contribution in [-0.2, 0) is 9.53 Å². The molecule has 138 valence electrons. The molecule has 26 heavy (non-hydrogen) atoms. The summed E-state index contributed by atoms with van der Waals surface area (Å²) in [4.78, 5) is 23.8. The largest absolute Gasteiger partial charge is 0.481 e. The Bertz CT molecular complexity index is 831. The molecule has 0 atom stereocenters. The van der Waals surface area contributed by atoms with Gasteiger partial charge in [0.2, 0.25) is 0 Å². The second-order valence-electron chi connectivity index (χ2n) is 6.19. The van der Waals surface area contributed by atoms with E-state index in [1.54, 1.807) is 18.2 Å². The summed E-state index contributed by atoms with van der Waals surface area (Å²) in [7, 11) is 0. The van der Waals surface area contributed by atoms with Gasteiger partial charge in [0.1, 0.15) is 0 Å². The molecule has 0 saturated carbocycles. The monoisotopic (exact) mass is 397 g/mol. The van der Waals surface area contributed by atoms with Gasteiger partial charge in [-0.25, -0.2) is 4.68 Å². The summed E-state index contributed by atoms with van der Waals surface area (Å²) in [6, 6.07) is 4.96. The highest BCUT2D eigenvalue weighted by Gasteiger charge is 2.36. The third-order valence-electron chi connectivity index (χ3n) is 4.32. The highest BCUT2D eigenvalue weighted by atomic mass is 35.5. The van der Waals surface area contributed by atoms with Gasteiger partial charge in [0.15, 0.2) is 0 Å². The van der Waals surface area contributed by atoms with Gasteiger partial charge in [-0.2, -0.15) is 5.10 Å². The van der Waals surface area contributed by atoms with Crippen molar-refractivity contribution in [2.24, 2.45) is 0 Å². The van der Waals surface area contributed by atoms with Gasteiger partial charge in [-0.3, -0.25) is 9.59 Å². The van der Waals surface area contributed by atoms with Crippen molar-refractivity contribution in [2.45, 2.75) is 24.8 Å². The fraction of sp³-hybridized carbons (Fsp3) is 0.353. The number of benzene rings is 1. The van der Waals surface area contributed by atoms with Crippen molar-refractivity contribution in [3.05, 3.63) is 46.2 Å². The summed E-state index contributed by atoms with van der Waals surface area (Å²) in [5.74, 6) is -1.35. The Morgan fingerprint density at radius 1 is 1.31 bits per heavy atom. The molecule has 1 aliphatic heterocycles. The minimum absolute atomic E-state index is 0.154. The summed E-state index contributed by atoms with van der Waals surface area (Å²) < 4.78 is 6.77. The van der Waals surface area contributed by atoms with E-state index >= 15 is 0 Å². The molecule has 0 radical (unpaired) electrons. The lowest BCUT2D eigenvalue weighted by Crippen LogP contribution is -2.53. The summed E-state index contributed by atoms with van der Waals surface area (Å²) in [5.41, 5.74) is 0.0787. The van der Waals surface area contributed by atoms with E-state index in [-0.39, 0.29) is 12.3 Å². The number of amides is 1. The van der Waals surface area contributed by atoms with E-state index in [1.165, 1.54) is 17.1 Å². The van der Waals surface area contributed by atoms with Gasteiger partial charge in [-0.05, 0) is 31.0 Å². The number of halogens is 2. The average Bonchev–Trinajstić information content (AvgIpc) is 3.04. The van der Waals surface area contributed by atoms with Crippen molar-refractivity contribution in [1.82, 2.24) is 15.1 Å². The van der Waals surface area contributed by atoms with Crippen molar-refractivity contribution in [3.63, 3.8) is 0 Å². The number of carboxylic acid groups (broad SMARTS) is 1. The van der Waals surface area contributed by atoms with Crippen LogP contribution in [0.3, 0.4) is 0 Å². The summed E-state index contributed by atoms with van der Waals surface area (Å²) in [6.45, 7) is 0.820. The van der Waals surface area contributed by atoms with E-state index in [0.717, 1.165) is 0 Å². The van der Waals surface area contributed by atoms with Crippen molar-refractivity contribution >= 4 is 35.1 Å². The van der Waals surface area contributed by atoms with Gasteiger partial charge in [-0.15, -0.1) is 0 Å². The molecule has 2 heterocycles. The number of ether oxygens (including phenoxy) is 1. The highest BCUT2D eigenvalue weighted by molar-refractivity contribution is 6.35. The molecule has 1 saturated heterocycles. The van der Waals surface area contributed by atoms with Crippen molar-refractivity contribution in [3.8, 4) is 5.69 Å². The molecule has 2 aromatic rings. The summed E-state index contributed by atoms with van der Waals surface area (Å²) >= 11 is 12.1. The number of carbonyl (C=O) groups is 2. The highest BCUT2D eigenvalue weighted by Crippen LogP contribution is 2.26. The van der Waals surface area contributed by atoms with E-state index in [9.17, 15) is 14.7 Å². The Labute approximate surface area is 159 Å². The molecule has 1 fully saturated rings. The second-order valence-corrected chi connectivity index (χ2v) is 7.03. The molecule has 0 bridgehead atoms. The Balaban J connectivity index is 1.79. The van der Waals surface area contributed by atoms with Crippen LogP contribution >= 0.6 is 23.2 Å². The molecule has 9 heteroatoms. The minimum atomic E-state index is -0.962. The van der Waals surface area contributed by atoms with Crippen molar-refractivity contribution in [1.29, 1.82) is 0 Å². The molecular formula is C17H17Cl2N3O4. The van der Waals surface area contributed by atoms with E-state index in [0.29, 0.717) is 47.4 Å². The molecule has 1 aliphatic rings. The van der Waals surface area contributed by atoms with Crippen LogP contribution in [0, 0.1) is 0 Å². The average molecular weight is 398 g/mol. The maximum absolute atomic E-state index is 12.6. The molecule has 0 unspecified atom stereocenters. The molecular weight excluding hydrogens is 381 g/mol. The Morgan fingerprint density at radius 2 is 2.04 bits per heavy atom. The maximum Gasteiger partial charge on any atom is 0.305 e. The Hall–Kier alpha value is -2.09. The molecule has 1 amide bonds. The predicted octanol–water partition coefficient (Wildman–Crippen LogP) is 2.93. The molecule has 1 aromatic heterocycles. The normalized spacial score (nSPS) is 16.2. The summed E-state index contributed by atoms with van der Waals surface area (Å²) in [5, 5.41) is 17.1.